The maximum Gasteiger partial charge on any atom is 0.245 e. The number of sulfonamides is 1. The van der Waals surface area contributed by atoms with Gasteiger partial charge in [-0.15, -0.1) is 5.10 Å². The van der Waals surface area contributed by atoms with Crippen LogP contribution in [0.5, 0.6) is 0 Å². The zero-order valence-electron chi connectivity index (χ0n) is 16.1. The highest BCUT2D eigenvalue weighted by atomic mass is 32.2. The highest BCUT2D eigenvalue weighted by Gasteiger charge is 2.25. The molecule has 0 radical (unpaired) electrons. The summed E-state index contributed by atoms with van der Waals surface area (Å²) >= 11 is 1.63. The number of nitrogens with one attached hydrogen (secondary N) is 1. The van der Waals surface area contributed by atoms with E-state index >= 15 is 0 Å². The molecule has 0 bridgehead atoms. The summed E-state index contributed by atoms with van der Waals surface area (Å²) < 4.78 is 24.3. The maximum atomic E-state index is 12.7. The third-order valence-electron chi connectivity index (χ3n) is 4.47. The van der Waals surface area contributed by atoms with Crippen LogP contribution in [0.4, 0.5) is 0 Å². The SMILES string of the molecule is CC(C)[C@@H](C(=O)NCCc1ccsc1)n1cc(-c2ccc(S(N)(=O)=O)cc2)nn1. The van der Waals surface area contributed by atoms with Crippen molar-refractivity contribution in [2.75, 3.05) is 6.54 Å². The van der Waals surface area contributed by atoms with Crippen molar-refractivity contribution in [3.05, 3.63) is 52.9 Å². The van der Waals surface area contributed by atoms with E-state index in [0.717, 1.165) is 6.42 Å². The fourth-order valence-corrected chi connectivity index (χ4v) is 4.18. The Kier molecular flexibility index (Phi) is 6.46. The lowest BCUT2D eigenvalue weighted by molar-refractivity contribution is -0.125. The Bertz CT molecular complexity index is 1060. The third kappa shape index (κ3) is 5.28. The van der Waals surface area contributed by atoms with E-state index in [4.69, 9.17) is 5.14 Å². The van der Waals surface area contributed by atoms with Crippen molar-refractivity contribution in [1.82, 2.24) is 20.3 Å². The highest BCUT2D eigenvalue weighted by molar-refractivity contribution is 7.89. The molecule has 3 N–H and O–H groups in total. The minimum absolute atomic E-state index is 0.00968. The molecule has 2 aromatic heterocycles. The maximum absolute atomic E-state index is 12.7. The Balaban J connectivity index is 1.72. The Morgan fingerprint density at radius 1 is 1.24 bits per heavy atom. The van der Waals surface area contributed by atoms with Gasteiger partial charge in [-0.25, -0.2) is 18.2 Å². The molecule has 0 fully saturated rings. The van der Waals surface area contributed by atoms with Gasteiger partial charge in [0.2, 0.25) is 15.9 Å². The monoisotopic (exact) mass is 433 g/mol. The average Bonchev–Trinajstić information content (AvgIpc) is 3.33. The topological polar surface area (TPSA) is 120 Å². The van der Waals surface area contributed by atoms with E-state index in [1.54, 1.807) is 34.3 Å². The number of rotatable bonds is 8. The molecule has 3 rings (SSSR count). The Labute approximate surface area is 173 Å². The molecule has 0 aliphatic heterocycles. The van der Waals surface area contributed by atoms with Gasteiger partial charge in [-0.1, -0.05) is 31.2 Å². The second-order valence-electron chi connectivity index (χ2n) is 7.01. The minimum Gasteiger partial charge on any atom is -0.354 e. The van der Waals surface area contributed by atoms with E-state index in [0.29, 0.717) is 17.8 Å². The molecular weight excluding hydrogens is 410 g/mol. The van der Waals surface area contributed by atoms with Gasteiger partial charge in [-0.3, -0.25) is 4.79 Å². The van der Waals surface area contributed by atoms with Crippen LogP contribution in [0.15, 0.2) is 52.2 Å². The first kappa shape index (κ1) is 21.2. The van der Waals surface area contributed by atoms with Crippen LogP contribution < -0.4 is 10.5 Å². The number of primary sulfonamides is 1. The van der Waals surface area contributed by atoms with Crippen molar-refractivity contribution in [2.45, 2.75) is 31.2 Å². The van der Waals surface area contributed by atoms with Crippen LogP contribution in [-0.4, -0.2) is 35.9 Å². The van der Waals surface area contributed by atoms with Crippen molar-refractivity contribution in [1.29, 1.82) is 0 Å². The molecule has 0 spiro atoms. The van der Waals surface area contributed by atoms with Gasteiger partial charge in [0.05, 0.1) is 11.1 Å². The van der Waals surface area contributed by atoms with Crippen molar-refractivity contribution >= 4 is 27.3 Å². The van der Waals surface area contributed by atoms with Gasteiger partial charge in [0.15, 0.2) is 0 Å². The smallest absolute Gasteiger partial charge is 0.245 e. The lowest BCUT2D eigenvalue weighted by Gasteiger charge is -2.20. The molecule has 2 heterocycles. The number of nitrogens with two attached hydrogens (primary N) is 1. The molecular formula is C19H23N5O3S2. The van der Waals surface area contributed by atoms with Crippen molar-refractivity contribution < 1.29 is 13.2 Å². The predicted molar refractivity (Wildman–Crippen MR) is 112 cm³/mol. The summed E-state index contributed by atoms with van der Waals surface area (Å²) in [5, 5.41) is 20.4. The molecule has 0 aliphatic carbocycles. The zero-order chi connectivity index (χ0) is 21.0. The lowest BCUT2D eigenvalue weighted by Crippen LogP contribution is -2.36. The van der Waals surface area contributed by atoms with Crippen LogP contribution in [0.25, 0.3) is 11.3 Å². The van der Waals surface area contributed by atoms with Gasteiger partial charge < -0.3 is 5.32 Å². The number of nitrogens with zero attached hydrogens (tertiary/aromatic N) is 3. The number of thiophene rings is 1. The van der Waals surface area contributed by atoms with Gasteiger partial charge in [0.25, 0.3) is 0 Å². The summed E-state index contributed by atoms with van der Waals surface area (Å²) in [6.07, 6.45) is 2.47. The van der Waals surface area contributed by atoms with Gasteiger partial charge in [0.1, 0.15) is 11.7 Å². The summed E-state index contributed by atoms with van der Waals surface area (Å²) in [7, 11) is -3.75. The number of carbonyl (C=O) groups is 1. The number of hydrogen-bond acceptors (Lipinski definition) is 6. The molecule has 1 aromatic carbocycles. The molecule has 8 nitrogen and oxygen atoms in total. The highest BCUT2D eigenvalue weighted by Crippen LogP contribution is 2.22. The van der Waals surface area contributed by atoms with Gasteiger partial charge in [-0.05, 0) is 46.9 Å². The van der Waals surface area contributed by atoms with E-state index in [9.17, 15) is 13.2 Å². The fraction of sp³-hybridized carbons (Fsp3) is 0.316. The molecule has 1 amide bonds. The fourth-order valence-electron chi connectivity index (χ4n) is 2.96. The summed E-state index contributed by atoms with van der Waals surface area (Å²) in [6, 6.07) is 7.60. The predicted octanol–water partition coefficient (Wildman–Crippen LogP) is 2.21. The number of benzene rings is 1. The second-order valence-corrected chi connectivity index (χ2v) is 9.36. The van der Waals surface area contributed by atoms with E-state index in [-0.39, 0.29) is 16.7 Å². The summed E-state index contributed by atoms with van der Waals surface area (Å²) in [6.45, 7) is 4.45. The molecule has 1 atom stereocenters. The van der Waals surface area contributed by atoms with Gasteiger partial charge >= 0.3 is 0 Å². The number of amides is 1. The molecule has 0 saturated heterocycles. The summed E-state index contributed by atoms with van der Waals surface area (Å²) in [4.78, 5) is 12.8. The van der Waals surface area contributed by atoms with E-state index < -0.39 is 16.1 Å². The molecule has 3 aromatic rings. The molecule has 0 saturated carbocycles. The van der Waals surface area contributed by atoms with Crippen LogP contribution in [0.2, 0.25) is 0 Å². The molecule has 0 unspecified atom stereocenters. The number of aromatic nitrogens is 3. The zero-order valence-corrected chi connectivity index (χ0v) is 17.8. The van der Waals surface area contributed by atoms with Crippen LogP contribution in [0.3, 0.4) is 0 Å². The first-order chi connectivity index (χ1) is 13.8. The van der Waals surface area contributed by atoms with Gasteiger partial charge in [0, 0.05) is 12.1 Å². The largest absolute Gasteiger partial charge is 0.354 e. The Hall–Kier alpha value is -2.56. The summed E-state index contributed by atoms with van der Waals surface area (Å²) in [5.41, 5.74) is 2.43. The molecule has 10 heteroatoms. The van der Waals surface area contributed by atoms with Crippen molar-refractivity contribution in [2.24, 2.45) is 11.1 Å². The quantitative estimate of drug-likeness (QED) is 0.564. The Morgan fingerprint density at radius 2 is 1.97 bits per heavy atom. The first-order valence-corrected chi connectivity index (χ1v) is 11.6. The van der Waals surface area contributed by atoms with Crippen LogP contribution in [0, 0.1) is 5.92 Å². The second kappa shape index (κ2) is 8.85. The van der Waals surface area contributed by atoms with Crippen LogP contribution in [-0.2, 0) is 21.2 Å². The number of hydrogen-bond donors (Lipinski definition) is 2. The first-order valence-electron chi connectivity index (χ1n) is 9.09. The number of carbonyl (C=O) groups excluding carboxylic acids is 1. The normalized spacial score (nSPS) is 12.8. The average molecular weight is 434 g/mol. The van der Waals surface area contributed by atoms with Gasteiger partial charge in [-0.2, -0.15) is 11.3 Å². The Morgan fingerprint density at radius 3 is 2.55 bits per heavy atom. The standard InChI is InChI=1S/C19H23N5O3S2/c1-13(2)18(19(25)21-9-7-14-8-10-28-12-14)24-11-17(22-23-24)15-3-5-16(6-4-15)29(20,26)27/h3-6,8,10-13,18H,7,9H2,1-2H3,(H,21,25)(H2,20,26,27)/t18-/m0/s1. The molecule has 154 valence electrons. The van der Waals surface area contributed by atoms with Crippen LogP contribution in [0.1, 0.15) is 25.5 Å². The molecule has 0 aliphatic rings. The van der Waals surface area contributed by atoms with Crippen LogP contribution >= 0.6 is 11.3 Å². The third-order valence-corrected chi connectivity index (χ3v) is 6.13. The minimum atomic E-state index is -3.75. The molecule has 29 heavy (non-hydrogen) atoms. The lowest BCUT2D eigenvalue weighted by atomic mass is 10.0. The van der Waals surface area contributed by atoms with Crippen molar-refractivity contribution in [3.63, 3.8) is 0 Å². The van der Waals surface area contributed by atoms with Crippen molar-refractivity contribution in [3.8, 4) is 11.3 Å². The van der Waals surface area contributed by atoms with E-state index in [1.807, 2.05) is 25.3 Å². The summed E-state index contributed by atoms with van der Waals surface area (Å²) in [5.74, 6) is -0.105. The van der Waals surface area contributed by atoms with E-state index in [2.05, 4.69) is 21.0 Å². The van der Waals surface area contributed by atoms with E-state index in [1.165, 1.54) is 17.7 Å².